The molecule has 0 atom stereocenters. The average molecular weight is 380 g/mol. The second-order valence-electron chi connectivity index (χ2n) is 6.36. The van der Waals surface area contributed by atoms with Gasteiger partial charge in [0.25, 0.3) is 5.91 Å². The summed E-state index contributed by atoms with van der Waals surface area (Å²) in [6, 6.07) is 11.3. The summed E-state index contributed by atoms with van der Waals surface area (Å²) >= 11 is 0. The molecule has 1 N–H and O–H groups in total. The third kappa shape index (κ3) is 3.93. The lowest BCUT2D eigenvalue weighted by atomic mass is 10.1. The Hall–Kier alpha value is -3.49. The van der Waals surface area contributed by atoms with E-state index >= 15 is 0 Å². The molecule has 1 aromatic carbocycles. The third-order valence-corrected chi connectivity index (χ3v) is 4.43. The van der Waals surface area contributed by atoms with Gasteiger partial charge in [-0.2, -0.15) is 15.0 Å². The minimum absolute atomic E-state index is 0.131. The van der Waals surface area contributed by atoms with Crippen LogP contribution in [0.2, 0.25) is 0 Å². The summed E-state index contributed by atoms with van der Waals surface area (Å²) < 4.78 is 10.4. The van der Waals surface area contributed by atoms with Crippen LogP contribution in [0.1, 0.15) is 29.2 Å². The Morgan fingerprint density at radius 3 is 2.71 bits per heavy atom. The number of ether oxygens (including phenoxy) is 1. The molecule has 1 aliphatic heterocycles. The zero-order chi connectivity index (χ0) is 19.3. The zero-order valence-corrected chi connectivity index (χ0v) is 15.5. The standard InChI is InChI=1S/C19H20N6O3/c1-27-19-22-16(21-18(23-19)25-9-5-6-10-25)12-20-17(26)14-11-15(28-24-14)13-7-3-2-4-8-13/h2-4,7-8,11H,5-6,9-10,12H2,1H3,(H,20,26). The van der Waals surface area contributed by atoms with Gasteiger partial charge < -0.3 is 19.5 Å². The molecule has 9 nitrogen and oxygen atoms in total. The number of aromatic nitrogens is 4. The number of benzene rings is 1. The Kier molecular flexibility index (Phi) is 5.14. The molecule has 2 aromatic heterocycles. The maximum absolute atomic E-state index is 12.4. The van der Waals surface area contributed by atoms with Gasteiger partial charge in [0.15, 0.2) is 17.3 Å². The molecule has 4 rings (SSSR count). The van der Waals surface area contributed by atoms with Gasteiger partial charge in [-0.3, -0.25) is 4.79 Å². The van der Waals surface area contributed by atoms with Crippen LogP contribution >= 0.6 is 0 Å². The smallest absolute Gasteiger partial charge is 0.321 e. The van der Waals surface area contributed by atoms with E-state index in [1.807, 2.05) is 30.3 Å². The number of amides is 1. The van der Waals surface area contributed by atoms with Crippen molar-refractivity contribution in [2.24, 2.45) is 0 Å². The first-order chi connectivity index (χ1) is 13.7. The molecule has 0 bridgehead atoms. The predicted molar refractivity (Wildman–Crippen MR) is 101 cm³/mol. The lowest BCUT2D eigenvalue weighted by molar-refractivity contribution is 0.0940. The number of anilines is 1. The largest absolute Gasteiger partial charge is 0.467 e. The highest BCUT2D eigenvalue weighted by molar-refractivity contribution is 5.92. The molecule has 0 radical (unpaired) electrons. The Bertz CT molecular complexity index is 953. The van der Waals surface area contributed by atoms with E-state index in [4.69, 9.17) is 9.26 Å². The van der Waals surface area contributed by atoms with Crippen molar-refractivity contribution in [3.05, 3.63) is 47.9 Å². The van der Waals surface area contributed by atoms with Gasteiger partial charge in [0.05, 0.1) is 13.7 Å². The van der Waals surface area contributed by atoms with Crippen molar-refractivity contribution < 1.29 is 14.1 Å². The quantitative estimate of drug-likeness (QED) is 0.693. The molecular formula is C19H20N6O3. The molecule has 0 spiro atoms. The van der Waals surface area contributed by atoms with E-state index in [0.29, 0.717) is 17.5 Å². The number of nitrogens with one attached hydrogen (secondary N) is 1. The number of hydrogen-bond acceptors (Lipinski definition) is 8. The van der Waals surface area contributed by atoms with Crippen molar-refractivity contribution in [1.82, 2.24) is 25.4 Å². The molecule has 28 heavy (non-hydrogen) atoms. The van der Waals surface area contributed by atoms with E-state index in [0.717, 1.165) is 31.5 Å². The van der Waals surface area contributed by atoms with E-state index in [-0.39, 0.29) is 24.2 Å². The van der Waals surface area contributed by atoms with Gasteiger partial charge in [-0.25, -0.2) is 0 Å². The predicted octanol–water partition coefficient (Wildman–Crippen LogP) is 2.07. The molecule has 0 saturated carbocycles. The number of hydrogen-bond donors (Lipinski definition) is 1. The topological polar surface area (TPSA) is 106 Å². The second-order valence-corrected chi connectivity index (χ2v) is 6.36. The van der Waals surface area contributed by atoms with Crippen LogP contribution in [0, 0.1) is 0 Å². The normalized spacial score (nSPS) is 13.5. The van der Waals surface area contributed by atoms with Crippen molar-refractivity contribution in [1.29, 1.82) is 0 Å². The van der Waals surface area contributed by atoms with Crippen LogP contribution in [-0.2, 0) is 6.54 Å². The molecule has 144 valence electrons. The Morgan fingerprint density at radius 1 is 1.18 bits per heavy atom. The van der Waals surface area contributed by atoms with Crippen molar-refractivity contribution in [2.75, 3.05) is 25.1 Å². The summed E-state index contributed by atoms with van der Waals surface area (Å²) in [5.41, 5.74) is 1.05. The van der Waals surface area contributed by atoms with E-state index in [2.05, 4.69) is 30.3 Å². The first kappa shape index (κ1) is 17.9. The maximum atomic E-state index is 12.4. The highest BCUT2D eigenvalue weighted by atomic mass is 16.5. The molecule has 3 heterocycles. The number of rotatable bonds is 6. The number of carbonyl (C=O) groups is 1. The van der Waals surface area contributed by atoms with Crippen LogP contribution in [0.4, 0.5) is 5.95 Å². The summed E-state index contributed by atoms with van der Waals surface area (Å²) in [6.45, 7) is 1.94. The van der Waals surface area contributed by atoms with Crippen molar-refractivity contribution in [2.45, 2.75) is 19.4 Å². The molecule has 0 aliphatic carbocycles. The average Bonchev–Trinajstić information content (AvgIpc) is 3.45. The van der Waals surface area contributed by atoms with Crippen LogP contribution in [0.25, 0.3) is 11.3 Å². The van der Waals surface area contributed by atoms with Crippen molar-refractivity contribution in [3.63, 3.8) is 0 Å². The summed E-state index contributed by atoms with van der Waals surface area (Å²) in [4.78, 5) is 27.5. The lowest BCUT2D eigenvalue weighted by Gasteiger charge is -2.16. The van der Waals surface area contributed by atoms with E-state index < -0.39 is 0 Å². The van der Waals surface area contributed by atoms with Crippen LogP contribution in [0.5, 0.6) is 6.01 Å². The third-order valence-electron chi connectivity index (χ3n) is 4.43. The first-order valence-electron chi connectivity index (χ1n) is 9.07. The monoisotopic (exact) mass is 380 g/mol. The number of carbonyl (C=O) groups excluding carboxylic acids is 1. The van der Waals surface area contributed by atoms with Crippen molar-refractivity contribution in [3.8, 4) is 17.3 Å². The molecule has 1 fully saturated rings. The fraction of sp³-hybridized carbons (Fsp3) is 0.316. The molecule has 1 saturated heterocycles. The molecule has 0 unspecified atom stereocenters. The van der Waals surface area contributed by atoms with Crippen LogP contribution in [0.15, 0.2) is 40.9 Å². The van der Waals surface area contributed by atoms with Gasteiger partial charge in [0, 0.05) is 24.7 Å². The molecule has 1 amide bonds. The molecule has 3 aromatic rings. The summed E-state index contributed by atoms with van der Waals surface area (Å²) in [6.07, 6.45) is 2.21. The Balaban J connectivity index is 1.45. The van der Waals surface area contributed by atoms with Gasteiger partial charge in [-0.15, -0.1) is 0 Å². The van der Waals surface area contributed by atoms with Gasteiger partial charge >= 0.3 is 6.01 Å². The highest BCUT2D eigenvalue weighted by Gasteiger charge is 2.19. The highest BCUT2D eigenvalue weighted by Crippen LogP contribution is 2.20. The fourth-order valence-electron chi connectivity index (χ4n) is 2.99. The fourth-order valence-corrected chi connectivity index (χ4v) is 2.99. The number of methoxy groups -OCH3 is 1. The Morgan fingerprint density at radius 2 is 1.96 bits per heavy atom. The van der Waals surface area contributed by atoms with E-state index in [1.165, 1.54) is 7.11 Å². The molecule has 9 heteroatoms. The SMILES string of the molecule is COc1nc(CNC(=O)c2cc(-c3ccccc3)on2)nc(N2CCCC2)n1. The van der Waals surface area contributed by atoms with E-state index in [9.17, 15) is 4.79 Å². The van der Waals surface area contributed by atoms with Gasteiger partial charge in [-0.1, -0.05) is 35.5 Å². The molecular weight excluding hydrogens is 360 g/mol. The summed E-state index contributed by atoms with van der Waals surface area (Å²) in [5.74, 6) is 1.16. The first-order valence-corrected chi connectivity index (χ1v) is 9.07. The van der Waals surface area contributed by atoms with Crippen LogP contribution in [0.3, 0.4) is 0 Å². The number of nitrogens with zero attached hydrogens (tertiary/aromatic N) is 5. The minimum atomic E-state index is -0.368. The van der Waals surface area contributed by atoms with Crippen LogP contribution in [-0.4, -0.2) is 46.2 Å². The van der Waals surface area contributed by atoms with Gasteiger partial charge in [0.2, 0.25) is 5.95 Å². The second kappa shape index (κ2) is 8.03. The minimum Gasteiger partial charge on any atom is -0.467 e. The van der Waals surface area contributed by atoms with Gasteiger partial charge in [-0.05, 0) is 12.8 Å². The summed E-state index contributed by atoms with van der Waals surface area (Å²) in [5, 5.41) is 6.61. The Labute approximate surface area is 161 Å². The maximum Gasteiger partial charge on any atom is 0.321 e. The van der Waals surface area contributed by atoms with E-state index in [1.54, 1.807) is 6.07 Å². The molecule has 1 aliphatic rings. The lowest BCUT2D eigenvalue weighted by Crippen LogP contribution is -2.26. The van der Waals surface area contributed by atoms with Gasteiger partial charge in [0.1, 0.15) is 0 Å². The summed E-state index contributed by atoms with van der Waals surface area (Å²) in [7, 11) is 1.51. The zero-order valence-electron chi connectivity index (χ0n) is 15.5. The van der Waals surface area contributed by atoms with Crippen molar-refractivity contribution >= 4 is 11.9 Å². The van der Waals surface area contributed by atoms with Crippen LogP contribution < -0.4 is 15.0 Å².